The lowest BCUT2D eigenvalue weighted by atomic mass is 10.2. The van der Waals surface area contributed by atoms with Gasteiger partial charge in [-0.2, -0.15) is 11.8 Å². The summed E-state index contributed by atoms with van der Waals surface area (Å²) < 4.78 is 10.7. The lowest BCUT2D eigenvalue weighted by Crippen LogP contribution is -2.01. The normalized spacial score (nSPS) is 10.6. The van der Waals surface area contributed by atoms with E-state index in [0.29, 0.717) is 6.61 Å². The topological polar surface area (TPSA) is 35.3 Å². The van der Waals surface area contributed by atoms with E-state index >= 15 is 0 Å². The van der Waals surface area contributed by atoms with Gasteiger partial charge in [0.1, 0.15) is 11.5 Å². The second-order valence-corrected chi connectivity index (χ2v) is 5.20. The van der Waals surface area contributed by atoms with Gasteiger partial charge in [-0.15, -0.1) is 0 Å². The zero-order valence-corrected chi connectivity index (χ0v) is 11.5. The monoisotopic (exact) mass is 263 g/mol. The van der Waals surface area contributed by atoms with Crippen LogP contribution in [0.4, 0.5) is 0 Å². The molecule has 0 radical (unpaired) electrons. The number of nitrogens with zero attached hydrogens (tertiary/aromatic N) is 1. The van der Waals surface area contributed by atoms with Crippen molar-refractivity contribution >= 4 is 11.8 Å². The highest BCUT2D eigenvalue weighted by Gasteiger charge is 2.01. The predicted octanol–water partition coefficient (Wildman–Crippen LogP) is 3.60. The molecule has 0 aliphatic carbocycles. The third kappa shape index (κ3) is 3.81. The van der Waals surface area contributed by atoms with Crippen molar-refractivity contribution in [2.75, 3.05) is 12.4 Å². The van der Waals surface area contributed by atoms with Gasteiger partial charge in [0.25, 0.3) is 0 Å². The fourth-order valence-corrected chi connectivity index (χ4v) is 2.28. The molecule has 0 N–H and O–H groups in total. The summed E-state index contributed by atoms with van der Waals surface area (Å²) in [5, 5.41) is 3.95. The van der Waals surface area contributed by atoms with E-state index in [-0.39, 0.29) is 0 Å². The largest absolute Gasteiger partial charge is 0.492 e. The van der Waals surface area contributed by atoms with E-state index in [9.17, 15) is 0 Å². The van der Waals surface area contributed by atoms with Crippen molar-refractivity contribution in [3.63, 3.8) is 0 Å². The van der Waals surface area contributed by atoms with Gasteiger partial charge in [0.05, 0.1) is 12.3 Å². The molecule has 4 heteroatoms. The van der Waals surface area contributed by atoms with E-state index in [1.54, 1.807) is 11.8 Å². The lowest BCUT2D eigenvalue weighted by Gasteiger charge is -2.07. The Bertz CT molecular complexity index is 496. The van der Waals surface area contributed by atoms with Gasteiger partial charge in [0, 0.05) is 17.6 Å². The number of para-hydroxylation sites is 1. The van der Waals surface area contributed by atoms with Crippen LogP contribution in [0.1, 0.15) is 17.0 Å². The third-order valence-electron chi connectivity index (χ3n) is 2.51. The highest BCUT2D eigenvalue weighted by molar-refractivity contribution is 7.98. The molecule has 0 aliphatic heterocycles. The van der Waals surface area contributed by atoms with Crippen molar-refractivity contribution in [3.8, 4) is 5.75 Å². The SMILES string of the molecule is Cc1cc(CSCCOc2ccccc2C)no1. The number of aryl methyl sites for hydroxylation is 2. The van der Waals surface area contributed by atoms with Crippen molar-refractivity contribution in [1.82, 2.24) is 5.16 Å². The molecule has 0 unspecified atom stereocenters. The fourth-order valence-electron chi connectivity index (χ4n) is 1.59. The number of thioether (sulfide) groups is 1. The minimum Gasteiger partial charge on any atom is -0.492 e. The van der Waals surface area contributed by atoms with Gasteiger partial charge < -0.3 is 9.26 Å². The van der Waals surface area contributed by atoms with E-state index in [4.69, 9.17) is 9.26 Å². The van der Waals surface area contributed by atoms with Gasteiger partial charge in [0.15, 0.2) is 0 Å². The van der Waals surface area contributed by atoms with E-state index < -0.39 is 0 Å². The van der Waals surface area contributed by atoms with Crippen LogP contribution >= 0.6 is 11.8 Å². The first-order valence-corrected chi connectivity index (χ1v) is 7.09. The van der Waals surface area contributed by atoms with Crippen LogP contribution in [0.5, 0.6) is 5.75 Å². The number of hydrogen-bond donors (Lipinski definition) is 0. The second-order valence-electron chi connectivity index (χ2n) is 4.10. The Balaban J connectivity index is 1.66. The molecule has 1 aromatic heterocycles. The molecule has 0 aliphatic rings. The molecular formula is C14H17NO2S. The lowest BCUT2D eigenvalue weighted by molar-refractivity contribution is 0.341. The summed E-state index contributed by atoms with van der Waals surface area (Å²) in [6.07, 6.45) is 0. The molecule has 0 atom stereocenters. The minimum absolute atomic E-state index is 0.715. The molecule has 18 heavy (non-hydrogen) atoms. The van der Waals surface area contributed by atoms with Crippen molar-refractivity contribution in [1.29, 1.82) is 0 Å². The molecule has 2 aromatic rings. The van der Waals surface area contributed by atoms with E-state index in [0.717, 1.165) is 28.7 Å². The Labute approximate surface area is 112 Å². The zero-order chi connectivity index (χ0) is 12.8. The molecule has 2 rings (SSSR count). The van der Waals surface area contributed by atoms with Crippen molar-refractivity contribution < 1.29 is 9.26 Å². The summed E-state index contributed by atoms with van der Waals surface area (Å²) in [6, 6.07) is 10.0. The van der Waals surface area contributed by atoms with Crippen LogP contribution in [-0.4, -0.2) is 17.5 Å². The first-order chi connectivity index (χ1) is 8.75. The molecule has 0 saturated carbocycles. The number of hydrogen-bond acceptors (Lipinski definition) is 4. The van der Waals surface area contributed by atoms with Gasteiger partial charge in [-0.1, -0.05) is 23.4 Å². The van der Waals surface area contributed by atoms with Gasteiger partial charge in [-0.05, 0) is 25.5 Å². The summed E-state index contributed by atoms with van der Waals surface area (Å²) >= 11 is 1.80. The van der Waals surface area contributed by atoms with Crippen molar-refractivity contribution in [2.24, 2.45) is 0 Å². The Hall–Kier alpha value is -1.42. The summed E-state index contributed by atoms with van der Waals surface area (Å²) in [5.74, 6) is 3.64. The highest BCUT2D eigenvalue weighted by Crippen LogP contribution is 2.17. The summed E-state index contributed by atoms with van der Waals surface area (Å²) in [4.78, 5) is 0. The maximum Gasteiger partial charge on any atom is 0.133 e. The van der Waals surface area contributed by atoms with Gasteiger partial charge in [-0.3, -0.25) is 0 Å². The van der Waals surface area contributed by atoms with Gasteiger partial charge in [-0.25, -0.2) is 0 Å². The highest BCUT2D eigenvalue weighted by atomic mass is 32.2. The predicted molar refractivity (Wildman–Crippen MR) is 74.1 cm³/mol. The van der Waals surface area contributed by atoms with Crippen LogP contribution in [0.2, 0.25) is 0 Å². The van der Waals surface area contributed by atoms with Crippen LogP contribution in [0.15, 0.2) is 34.9 Å². The van der Waals surface area contributed by atoms with E-state index in [1.807, 2.05) is 31.2 Å². The average Bonchev–Trinajstić information content (AvgIpc) is 2.77. The molecule has 0 spiro atoms. The number of aromatic nitrogens is 1. The Morgan fingerprint density at radius 2 is 2.11 bits per heavy atom. The van der Waals surface area contributed by atoms with E-state index in [2.05, 4.69) is 18.1 Å². The minimum atomic E-state index is 0.715. The Kier molecular flexibility index (Phi) is 4.70. The fraction of sp³-hybridized carbons (Fsp3) is 0.357. The average molecular weight is 263 g/mol. The molecular weight excluding hydrogens is 246 g/mol. The van der Waals surface area contributed by atoms with Crippen LogP contribution in [0.25, 0.3) is 0 Å². The van der Waals surface area contributed by atoms with Gasteiger partial charge in [0.2, 0.25) is 0 Å². The summed E-state index contributed by atoms with van der Waals surface area (Å²) in [7, 11) is 0. The molecule has 1 aromatic carbocycles. The molecule has 1 heterocycles. The molecule has 0 fully saturated rings. The first-order valence-electron chi connectivity index (χ1n) is 5.94. The molecule has 0 bridgehead atoms. The second kappa shape index (κ2) is 6.50. The number of ether oxygens (including phenoxy) is 1. The smallest absolute Gasteiger partial charge is 0.133 e. The van der Waals surface area contributed by atoms with E-state index in [1.165, 1.54) is 5.56 Å². The first kappa shape index (κ1) is 13.0. The Morgan fingerprint density at radius 1 is 1.28 bits per heavy atom. The quantitative estimate of drug-likeness (QED) is 0.746. The van der Waals surface area contributed by atoms with Crippen LogP contribution in [0, 0.1) is 13.8 Å². The van der Waals surface area contributed by atoms with Crippen LogP contribution in [-0.2, 0) is 5.75 Å². The summed E-state index contributed by atoms with van der Waals surface area (Å²) in [5.41, 5.74) is 2.17. The van der Waals surface area contributed by atoms with Gasteiger partial charge >= 0.3 is 0 Å². The maximum absolute atomic E-state index is 5.72. The molecule has 3 nitrogen and oxygen atoms in total. The molecule has 96 valence electrons. The molecule has 0 amide bonds. The maximum atomic E-state index is 5.72. The third-order valence-corrected chi connectivity index (χ3v) is 3.46. The van der Waals surface area contributed by atoms with Crippen molar-refractivity contribution in [2.45, 2.75) is 19.6 Å². The zero-order valence-electron chi connectivity index (χ0n) is 10.7. The van der Waals surface area contributed by atoms with Crippen molar-refractivity contribution in [3.05, 3.63) is 47.3 Å². The summed E-state index contributed by atoms with van der Waals surface area (Å²) in [6.45, 7) is 4.68. The number of benzene rings is 1. The number of rotatable bonds is 6. The molecule has 0 saturated heterocycles. The Morgan fingerprint density at radius 3 is 2.83 bits per heavy atom. The standard InChI is InChI=1S/C14H17NO2S/c1-11-5-3-4-6-14(11)16-7-8-18-10-13-9-12(2)17-15-13/h3-6,9H,7-8,10H2,1-2H3. The van der Waals surface area contributed by atoms with Crippen LogP contribution < -0.4 is 4.74 Å². The van der Waals surface area contributed by atoms with Crippen LogP contribution in [0.3, 0.4) is 0 Å².